The number of alkyl halides is 3. The smallest absolute Gasteiger partial charge is 0.396 e. The second-order valence-corrected chi connectivity index (χ2v) is 3.60. The summed E-state index contributed by atoms with van der Waals surface area (Å²) in [5.41, 5.74) is -2.74. The molecule has 0 aromatic carbocycles. The maximum atomic E-state index is 12.3. The summed E-state index contributed by atoms with van der Waals surface area (Å²) < 4.78 is 36.9. The molecule has 1 atom stereocenters. The van der Waals surface area contributed by atoms with Crippen molar-refractivity contribution >= 4 is 0 Å². The largest absolute Gasteiger partial charge is 0.417 e. The Hall–Kier alpha value is -0.290. The van der Waals surface area contributed by atoms with Gasteiger partial charge in [-0.05, 0) is 12.3 Å². The van der Waals surface area contributed by atoms with E-state index in [0.717, 1.165) is 0 Å². The molecule has 5 heteroatoms. The van der Waals surface area contributed by atoms with Gasteiger partial charge < -0.3 is 10.2 Å². The summed E-state index contributed by atoms with van der Waals surface area (Å²) >= 11 is 0. The van der Waals surface area contributed by atoms with Crippen molar-refractivity contribution in [3.8, 4) is 0 Å². The van der Waals surface area contributed by atoms with Crippen LogP contribution in [0, 0.1) is 5.92 Å². The van der Waals surface area contributed by atoms with E-state index in [9.17, 15) is 18.3 Å². The van der Waals surface area contributed by atoms with Crippen LogP contribution in [0.4, 0.5) is 13.2 Å². The van der Waals surface area contributed by atoms with Gasteiger partial charge in [0.15, 0.2) is 5.60 Å². The van der Waals surface area contributed by atoms with Crippen molar-refractivity contribution in [2.24, 2.45) is 5.92 Å². The van der Waals surface area contributed by atoms with Gasteiger partial charge in [-0.2, -0.15) is 13.2 Å². The fourth-order valence-electron chi connectivity index (χ4n) is 1.22. The average Bonchev–Trinajstić information content (AvgIpc) is 1.82. The SMILES string of the molecule is CC(C)CC(O)(CCO)C(F)(F)F. The Morgan fingerprint density at radius 3 is 1.92 bits per heavy atom. The van der Waals surface area contributed by atoms with Crippen LogP contribution in [0.1, 0.15) is 26.7 Å². The van der Waals surface area contributed by atoms with Crippen LogP contribution in [0.5, 0.6) is 0 Å². The molecule has 0 aliphatic rings. The zero-order valence-corrected chi connectivity index (χ0v) is 7.73. The molecular weight excluding hydrogens is 185 g/mol. The molecule has 0 saturated heterocycles. The molecule has 0 bridgehead atoms. The van der Waals surface area contributed by atoms with Gasteiger partial charge in [-0.1, -0.05) is 13.8 Å². The summed E-state index contributed by atoms with van der Waals surface area (Å²) in [6.45, 7) is 2.52. The van der Waals surface area contributed by atoms with Crippen molar-refractivity contribution in [1.29, 1.82) is 0 Å². The van der Waals surface area contributed by atoms with Crippen LogP contribution in [-0.2, 0) is 0 Å². The quantitative estimate of drug-likeness (QED) is 0.725. The van der Waals surface area contributed by atoms with E-state index in [4.69, 9.17) is 5.11 Å². The Bertz CT molecular complexity index is 156. The van der Waals surface area contributed by atoms with E-state index in [1.54, 1.807) is 13.8 Å². The Morgan fingerprint density at radius 2 is 1.69 bits per heavy atom. The van der Waals surface area contributed by atoms with Crippen molar-refractivity contribution in [3.05, 3.63) is 0 Å². The molecule has 0 spiro atoms. The minimum absolute atomic E-state index is 0.266. The second-order valence-electron chi connectivity index (χ2n) is 3.60. The fourth-order valence-corrected chi connectivity index (χ4v) is 1.22. The van der Waals surface area contributed by atoms with Crippen molar-refractivity contribution in [2.45, 2.75) is 38.5 Å². The molecule has 0 rings (SSSR count). The Balaban J connectivity index is 4.53. The first kappa shape index (κ1) is 12.7. The van der Waals surface area contributed by atoms with Gasteiger partial charge in [-0.25, -0.2) is 0 Å². The number of aliphatic hydroxyl groups excluding tert-OH is 1. The Labute approximate surface area is 75.4 Å². The van der Waals surface area contributed by atoms with Crippen LogP contribution in [0.25, 0.3) is 0 Å². The molecule has 1 unspecified atom stereocenters. The number of halogens is 3. The van der Waals surface area contributed by atoms with Crippen LogP contribution >= 0.6 is 0 Å². The molecule has 0 aliphatic heterocycles. The molecule has 0 aromatic heterocycles. The zero-order chi connectivity index (χ0) is 10.7. The topological polar surface area (TPSA) is 40.5 Å². The first-order chi connectivity index (χ1) is 5.73. The third-order valence-electron chi connectivity index (χ3n) is 1.80. The summed E-state index contributed by atoms with van der Waals surface area (Å²) in [4.78, 5) is 0. The highest BCUT2D eigenvalue weighted by molar-refractivity contribution is 4.87. The third kappa shape index (κ3) is 3.52. The van der Waals surface area contributed by atoms with Crippen molar-refractivity contribution in [3.63, 3.8) is 0 Å². The predicted octanol–water partition coefficient (Wildman–Crippen LogP) is 1.71. The maximum absolute atomic E-state index is 12.3. The molecule has 2 N–H and O–H groups in total. The highest BCUT2D eigenvalue weighted by Gasteiger charge is 2.52. The summed E-state index contributed by atoms with van der Waals surface area (Å²) in [5, 5.41) is 17.7. The lowest BCUT2D eigenvalue weighted by atomic mass is 9.89. The van der Waals surface area contributed by atoms with Crippen LogP contribution in [-0.4, -0.2) is 28.6 Å². The van der Waals surface area contributed by atoms with Gasteiger partial charge in [0, 0.05) is 13.0 Å². The van der Waals surface area contributed by atoms with Gasteiger partial charge >= 0.3 is 6.18 Å². The lowest BCUT2D eigenvalue weighted by Crippen LogP contribution is -2.46. The van der Waals surface area contributed by atoms with Gasteiger partial charge in [0.25, 0.3) is 0 Å². The van der Waals surface area contributed by atoms with Gasteiger partial charge in [0.2, 0.25) is 0 Å². The molecule has 80 valence electrons. The van der Waals surface area contributed by atoms with Gasteiger partial charge in [0.1, 0.15) is 0 Å². The highest BCUT2D eigenvalue weighted by atomic mass is 19.4. The van der Waals surface area contributed by atoms with Crippen LogP contribution in [0.3, 0.4) is 0 Å². The molecule has 0 amide bonds. The fraction of sp³-hybridized carbons (Fsp3) is 1.00. The molecule has 0 saturated carbocycles. The van der Waals surface area contributed by atoms with Crippen molar-refractivity contribution in [1.82, 2.24) is 0 Å². The van der Waals surface area contributed by atoms with E-state index in [0.29, 0.717) is 0 Å². The number of hydrogen-bond acceptors (Lipinski definition) is 2. The predicted molar refractivity (Wildman–Crippen MR) is 42.2 cm³/mol. The van der Waals surface area contributed by atoms with E-state index in [2.05, 4.69) is 0 Å². The van der Waals surface area contributed by atoms with E-state index in [-0.39, 0.29) is 12.3 Å². The monoisotopic (exact) mass is 200 g/mol. The molecule has 0 aliphatic carbocycles. The van der Waals surface area contributed by atoms with Crippen LogP contribution in [0.15, 0.2) is 0 Å². The average molecular weight is 200 g/mol. The molecule has 0 fully saturated rings. The van der Waals surface area contributed by atoms with Gasteiger partial charge in [0.05, 0.1) is 0 Å². The van der Waals surface area contributed by atoms with Crippen LogP contribution < -0.4 is 0 Å². The minimum atomic E-state index is -4.67. The van der Waals surface area contributed by atoms with E-state index in [1.165, 1.54) is 0 Å². The summed E-state index contributed by atoms with van der Waals surface area (Å²) in [5.74, 6) is -0.266. The Kier molecular flexibility index (Phi) is 4.19. The number of hydrogen-bond donors (Lipinski definition) is 2. The number of rotatable bonds is 4. The molecule has 2 nitrogen and oxygen atoms in total. The summed E-state index contributed by atoms with van der Waals surface area (Å²) in [6, 6.07) is 0. The standard InChI is InChI=1S/C8H15F3O2/c1-6(2)5-7(13,3-4-12)8(9,10)11/h6,12-13H,3-5H2,1-2H3. The second kappa shape index (κ2) is 4.28. The molecule has 0 heterocycles. The normalized spacial score (nSPS) is 17.5. The molecule has 0 aromatic rings. The maximum Gasteiger partial charge on any atom is 0.417 e. The third-order valence-corrected chi connectivity index (χ3v) is 1.80. The highest BCUT2D eigenvalue weighted by Crippen LogP contribution is 2.37. The molecule has 13 heavy (non-hydrogen) atoms. The van der Waals surface area contributed by atoms with Gasteiger partial charge in [-0.15, -0.1) is 0 Å². The summed E-state index contributed by atoms with van der Waals surface area (Å²) in [6.07, 6.45) is -5.70. The summed E-state index contributed by atoms with van der Waals surface area (Å²) in [7, 11) is 0. The van der Waals surface area contributed by atoms with Crippen molar-refractivity contribution in [2.75, 3.05) is 6.61 Å². The van der Waals surface area contributed by atoms with Gasteiger partial charge in [-0.3, -0.25) is 0 Å². The molecular formula is C8H15F3O2. The Morgan fingerprint density at radius 1 is 1.23 bits per heavy atom. The number of aliphatic hydroxyl groups is 2. The van der Waals surface area contributed by atoms with E-state index < -0.39 is 24.8 Å². The van der Waals surface area contributed by atoms with E-state index in [1.807, 2.05) is 0 Å². The molecule has 0 radical (unpaired) electrons. The lowest BCUT2D eigenvalue weighted by molar-refractivity contribution is -0.269. The van der Waals surface area contributed by atoms with Crippen molar-refractivity contribution < 1.29 is 23.4 Å². The van der Waals surface area contributed by atoms with Crippen LogP contribution in [0.2, 0.25) is 0 Å². The first-order valence-electron chi connectivity index (χ1n) is 4.13. The van der Waals surface area contributed by atoms with E-state index >= 15 is 0 Å². The first-order valence-corrected chi connectivity index (χ1v) is 4.13. The lowest BCUT2D eigenvalue weighted by Gasteiger charge is -2.31. The minimum Gasteiger partial charge on any atom is -0.396 e. The zero-order valence-electron chi connectivity index (χ0n) is 7.73.